The normalized spacial score (nSPS) is 21.1. The van der Waals surface area contributed by atoms with Gasteiger partial charge in [0.15, 0.2) is 0 Å². The Kier molecular flexibility index (Phi) is 3.73. The number of aromatic nitrogens is 2. The summed E-state index contributed by atoms with van der Waals surface area (Å²) in [5, 5.41) is 4.20. The molecule has 0 saturated carbocycles. The fourth-order valence-corrected chi connectivity index (χ4v) is 2.66. The maximum Gasteiger partial charge on any atom is 0.137 e. The molecule has 1 N–H and O–H groups in total. The number of fused-ring (bicyclic) bond motifs is 1. The van der Waals surface area contributed by atoms with Crippen LogP contribution in [-0.2, 0) is 11.3 Å². The fourth-order valence-electron chi connectivity index (χ4n) is 2.50. The van der Waals surface area contributed by atoms with Crippen molar-refractivity contribution in [2.45, 2.75) is 38.5 Å². The number of nitrogens with zero attached hydrogens (tertiary/aromatic N) is 2. The van der Waals surface area contributed by atoms with Crippen LogP contribution < -0.4 is 5.32 Å². The van der Waals surface area contributed by atoms with Crippen LogP contribution in [0.3, 0.4) is 0 Å². The second-order valence-corrected chi connectivity index (χ2v) is 5.50. The Balaban J connectivity index is 1.64. The van der Waals surface area contributed by atoms with Crippen LogP contribution in [0.1, 0.15) is 25.5 Å². The van der Waals surface area contributed by atoms with Gasteiger partial charge in [-0.25, -0.2) is 4.98 Å². The molecule has 0 aliphatic carbocycles. The Morgan fingerprint density at radius 1 is 1.53 bits per heavy atom. The van der Waals surface area contributed by atoms with E-state index in [0.717, 1.165) is 35.9 Å². The van der Waals surface area contributed by atoms with Gasteiger partial charge in [-0.05, 0) is 31.9 Å². The smallest absolute Gasteiger partial charge is 0.137 e. The van der Waals surface area contributed by atoms with Crippen molar-refractivity contribution in [2.75, 3.05) is 6.61 Å². The van der Waals surface area contributed by atoms with Gasteiger partial charge in [-0.3, -0.25) is 0 Å². The third-order valence-corrected chi connectivity index (χ3v) is 3.82. The lowest BCUT2D eigenvalue weighted by molar-refractivity contribution is 0.0831. The first-order valence-electron chi connectivity index (χ1n) is 6.70. The monoisotopic (exact) mass is 279 g/mol. The second-order valence-electron chi connectivity index (χ2n) is 5.07. The highest BCUT2D eigenvalue weighted by Gasteiger charge is 2.21. The molecule has 0 bridgehead atoms. The Bertz CT molecular complexity index is 563. The van der Waals surface area contributed by atoms with E-state index in [2.05, 4.69) is 17.2 Å². The van der Waals surface area contributed by atoms with Gasteiger partial charge >= 0.3 is 0 Å². The molecule has 0 aromatic carbocycles. The van der Waals surface area contributed by atoms with Crippen LogP contribution >= 0.6 is 11.6 Å². The average molecular weight is 280 g/mol. The first-order valence-corrected chi connectivity index (χ1v) is 7.08. The Hall–Kier alpha value is -1.10. The van der Waals surface area contributed by atoms with Gasteiger partial charge in [0.05, 0.1) is 16.8 Å². The highest BCUT2D eigenvalue weighted by Crippen LogP contribution is 2.16. The molecule has 0 radical (unpaired) electrons. The molecule has 19 heavy (non-hydrogen) atoms. The van der Waals surface area contributed by atoms with Crippen LogP contribution in [0.4, 0.5) is 0 Å². The molecule has 2 unspecified atom stereocenters. The molecule has 2 aromatic heterocycles. The number of nitrogens with one attached hydrogen (secondary N) is 1. The predicted octanol–water partition coefficient (Wildman–Crippen LogP) is 2.64. The van der Waals surface area contributed by atoms with E-state index in [4.69, 9.17) is 16.3 Å². The van der Waals surface area contributed by atoms with E-state index in [0.29, 0.717) is 12.1 Å². The maximum atomic E-state index is 5.96. The van der Waals surface area contributed by atoms with E-state index in [1.165, 1.54) is 6.42 Å². The first kappa shape index (κ1) is 12.9. The molecule has 4 nitrogen and oxygen atoms in total. The molecule has 102 valence electrons. The summed E-state index contributed by atoms with van der Waals surface area (Å²) in [6, 6.07) is 4.14. The number of ether oxygens (including phenoxy) is 1. The predicted molar refractivity (Wildman–Crippen MR) is 75.5 cm³/mol. The maximum absolute atomic E-state index is 5.96. The zero-order chi connectivity index (χ0) is 13.2. The molecule has 2 aromatic rings. The number of hydrogen-bond donors (Lipinski definition) is 1. The van der Waals surface area contributed by atoms with E-state index in [1.807, 2.05) is 28.9 Å². The van der Waals surface area contributed by atoms with Crippen molar-refractivity contribution < 1.29 is 4.74 Å². The summed E-state index contributed by atoms with van der Waals surface area (Å²) in [5.74, 6) is 0. The molecule has 1 aliphatic rings. The van der Waals surface area contributed by atoms with E-state index >= 15 is 0 Å². The van der Waals surface area contributed by atoms with Crippen LogP contribution in [0.25, 0.3) is 5.65 Å². The zero-order valence-electron chi connectivity index (χ0n) is 11.0. The highest BCUT2D eigenvalue weighted by atomic mass is 35.5. The molecule has 5 heteroatoms. The van der Waals surface area contributed by atoms with Crippen LogP contribution in [0, 0.1) is 0 Å². The summed E-state index contributed by atoms with van der Waals surface area (Å²) in [4.78, 5) is 4.55. The topological polar surface area (TPSA) is 38.6 Å². The third kappa shape index (κ3) is 2.91. The Morgan fingerprint density at radius 2 is 2.42 bits per heavy atom. The minimum atomic E-state index is 0.339. The van der Waals surface area contributed by atoms with Crippen molar-refractivity contribution in [3.8, 4) is 0 Å². The van der Waals surface area contributed by atoms with Gasteiger partial charge in [-0.1, -0.05) is 11.6 Å². The van der Waals surface area contributed by atoms with Crippen molar-refractivity contribution in [1.29, 1.82) is 0 Å². The number of halogens is 1. The molecule has 1 fully saturated rings. The summed E-state index contributed by atoms with van der Waals surface area (Å²) in [6.07, 6.45) is 6.54. The fraction of sp³-hybridized carbons (Fsp3) is 0.500. The van der Waals surface area contributed by atoms with E-state index in [-0.39, 0.29) is 0 Å². The molecule has 3 heterocycles. The summed E-state index contributed by atoms with van der Waals surface area (Å²) in [5.41, 5.74) is 1.94. The third-order valence-electron chi connectivity index (χ3n) is 3.59. The number of pyridine rings is 1. The van der Waals surface area contributed by atoms with E-state index < -0.39 is 0 Å². The number of rotatable bonds is 4. The Labute approximate surface area is 117 Å². The largest absolute Gasteiger partial charge is 0.377 e. The minimum Gasteiger partial charge on any atom is -0.377 e. The van der Waals surface area contributed by atoms with Gasteiger partial charge in [-0.2, -0.15) is 0 Å². The molecule has 0 spiro atoms. The van der Waals surface area contributed by atoms with E-state index in [9.17, 15) is 0 Å². The molecular formula is C14H18ClN3O. The van der Waals surface area contributed by atoms with Gasteiger partial charge in [0.2, 0.25) is 0 Å². The van der Waals surface area contributed by atoms with Crippen molar-refractivity contribution in [1.82, 2.24) is 14.7 Å². The summed E-state index contributed by atoms with van der Waals surface area (Å²) in [6.45, 7) is 3.81. The first-order chi connectivity index (χ1) is 9.22. The second kappa shape index (κ2) is 5.49. The van der Waals surface area contributed by atoms with Gasteiger partial charge in [0.25, 0.3) is 0 Å². The lowest BCUT2D eigenvalue weighted by Crippen LogP contribution is -2.36. The minimum absolute atomic E-state index is 0.339. The molecule has 0 amide bonds. The summed E-state index contributed by atoms with van der Waals surface area (Å²) >= 11 is 5.96. The molecule has 2 atom stereocenters. The van der Waals surface area contributed by atoms with Gasteiger partial charge in [0.1, 0.15) is 5.65 Å². The van der Waals surface area contributed by atoms with Crippen LogP contribution in [-0.4, -0.2) is 28.1 Å². The summed E-state index contributed by atoms with van der Waals surface area (Å²) in [7, 11) is 0. The standard InChI is InChI=1S/C14H18ClN3O/c1-10(13-3-2-6-19-13)16-7-12-9-18-8-11(15)4-5-14(18)17-12/h4-5,8-10,13,16H,2-3,6-7H2,1H3. The van der Waals surface area contributed by atoms with Crippen molar-refractivity contribution >= 4 is 17.2 Å². The molecule has 3 rings (SSSR count). The highest BCUT2D eigenvalue weighted by molar-refractivity contribution is 6.30. The molecule has 1 saturated heterocycles. The quantitative estimate of drug-likeness (QED) is 0.935. The van der Waals surface area contributed by atoms with Crippen LogP contribution in [0.15, 0.2) is 24.5 Å². The SMILES string of the molecule is CC(NCc1cn2cc(Cl)ccc2n1)C1CCCO1. The molecular weight excluding hydrogens is 262 g/mol. The number of imidazole rings is 1. The average Bonchev–Trinajstić information content (AvgIpc) is 3.04. The van der Waals surface area contributed by atoms with Crippen molar-refractivity contribution in [3.63, 3.8) is 0 Å². The lowest BCUT2D eigenvalue weighted by Gasteiger charge is -2.19. The summed E-state index contributed by atoms with van der Waals surface area (Å²) < 4.78 is 7.63. The van der Waals surface area contributed by atoms with E-state index in [1.54, 1.807) is 0 Å². The van der Waals surface area contributed by atoms with Crippen LogP contribution in [0.2, 0.25) is 5.02 Å². The van der Waals surface area contributed by atoms with Crippen molar-refractivity contribution in [3.05, 3.63) is 35.2 Å². The lowest BCUT2D eigenvalue weighted by atomic mass is 10.1. The zero-order valence-corrected chi connectivity index (χ0v) is 11.7. The number of hydrogen-bond acceptors (Lipinski definition) is 3. The van der Waals surface area contributed by atoms with Gasteiger partial charge in [-0.15, -0.1) is 0 Å². The van der Waals surface area contributed by atoms with Crippen LogP contribution in [0.5, 0.6) is 0 Å². The van der Waals surface area contributed by atoms with Gasteiger partial charge < -0.3 is 14.5 Å². The van der Waals surface area contributed by atoms with Crippen molar-refractivity contribution in [2.24, 2.45) is 0 Å². The Morgan fingerprint density at radius 3 is 3.21 bits per heavy atom. The molecule has 1 aliphatic heterocycles. The van der Waals surface area contributed by atoms with Gasteiger partial charge in [0, 0.05) is 31.6 Å².